The first kappa shape index (κ1) is 15.4. The minimum atomic E-state index is -0.505. The summed E-state index contributed by atoms with van der Waals surface area (Å²) < 4.78 is 15.8. The molecule has 0 atom stereocenters. The monoisotopic (exact) mass is 296 g/mol. The summed E-state index contributed by atoms with van der Waals surface area (Å²) in [5, 5.41) is 11.2. The van der Waals surface area contributed by atoms with Crippen LogP contribution in [0.5, 0.6) is 17.2 Å². The molecule has 1 aromatic rings. The van der Waals surface area contributed by atoms with Gasteiger partial charge in [-0.05, 0) is 12.8 Å². The summed E-state index contributed by atoms with van der Waals surface area (Å²) in [5.74, 6) is 0.824. The number of methoxy groups -OCH3 is 2. The van der Waals surface area contributed by atoms with E-state index in [2.05, 4.69) is 0 Å². The van der Waals surface area contributed by atoms with E-state index in [0.717, 1.165) is 25.7 Å². The molecule has 1 aliphatic carbocycles. The van der Waals surface area contributed by atoms with Gasteiger partial charge in [0.05, 0.1) is 30.7 Å². The first-order valence-corrected chi connectivity index (χ1v) is 6.81. The van der Waals surface area contributed by atoms with Crippen LogP contribution in [0.4, 0.5) is 5.69 Å². The molecule has 116 valence electrons. The van der Waals surface area contributed by atoms with Crippen LogP contribution in [-0.4, -0.2) is 31.3 Å². The summed E-state index contributed by atoms with van der Waals surface area (Å²) >= 11 is 0. The zero-order valence-corrected chi connectivity index (χ0v) is 12.3. The third-order valence-electron chi connectivity index (χ3n) is 3.78. The van der Waals surface area contributed by atoms with Crippen molar-refractivity contribution >= 4 is 5.69 Å². The van der Waals surface area contributed by atoms with E-state index in [4.69, 9.17) is 19.9 Å². The molecule has 0 spiro atoms. The van der Waals surface area contributed by atoms with Crippen LogP contribution in [0.25, 0.3) is 0 Å². The molecular formula is C14H20N2O5. The number of nitrogens with zero attached hydrogens (tertiary/aromatic N) is 1. The molecule has 1 aromatic carbocycles. The van der Waals surface area contributed by atoms with E-state index in [1.807, 2.05) is 0 Å². The Kier molecular flexibility index (Phi) is 4.52. The Morgan fingerprint density at radius 2 is 1.76 bits per heavy atom. The molecule has 0 amide bonds. The first-order chi connectivity index (χ1) is 9.99. The van der Waals surface area contributed by atoms with Crippen molar-refractivity contribution in [3.05, 3.63) is 22.2 Å². The molecule has 0 saturated heterocycles. The maximum absolute atomic E-state index is 11.2. The summed E-state index contributed by atoms with van der Waals surface area (Å²) in [6.45, 7) is 0.253. The molecule has 0 heterocycles. The van der Waals surface area contributed by atoms with Crippen LogP contribution in [0.2, 0.25) is 0 Å². The van der Waals surface area contributed by atoms with Gasteiger partial charge in [-0.1, -0.05) is 12.8 Å². The van der Waals surface area contributed by atoms with Gasteiger partial charge in [0.2, 0.25) is 5.75 Å². The van der Waals surface area contributed by atoms with Gasteiger partial charge in [0.1, 0.15) is 6.61 Å². The van der Waals surface area contributed by atoms with Crippen LogP contribution in [0.3, 0.4) is 0 Å². The summed E-state index contributed by atoms with van der Waals surface area (Å²) in [7, 11) is 2.89. The van der Waals surface area contributed by atoms with E-state index in [0.29, 0.717) is 11.5 Å². The second-order valence-electron chi connectivity index (χ2n) is 5.29. The van der Waals surface area contributed by atoms with Crippen molar-refractivity contribution in [2.24, 2.45) is 5.73 Å². The molecule has 7 nitrogen and oxygen atoms in total. The van der Waals surface area contributed by atoms with Crippen molar-refractivity contribution in [1.29, 1.82) is 0 Å². The summed E-state index contributed by atoms with van der Waals surface area (Å²) in [6, 6.07) is 2.77. The van der Waals surface area contributed by atoms with Crippen LogP contribution >= 0.6 is 0 Å². The van der Waals surface area contributed by atoms with Gasteiger partial charge in [0, 0.05) is 6.07 Å². The quantitative estimate of drug-likeness (QED) is 0.639. The van der Waals surface area contributed by atoms with Crippen LogP contribution in [-0.2, 0) is 0 Å². The lowest BCUT2D eigenvalue weighted by Crippen LogP contribution is -2.42. The van der Waals surface area contributed by atoms with Gasteiger partial charge in [0.15, 0.2) is 11.5 Å². The number of nitro groups is 1. The molecule has 1 aliphatic rings. The maximum Gasteiger partial charge on any atom is 0.314 e. The molecule has 0 aromatic heterocycles. The minimum absolute atomic E-state index is 0.148. The van der Waals surface area contributed by atoms with E-state index in [-0.39, 0.29) is 18.0 Å². The van der Waals surface area contributed by atoms with Crippen LogP contribution in [0, 0.1) is 10.1 Å². The summed E-state index contributed by atoms with van der Waals surface area (Å²) in [6.07, 6.45) is 3.87. The van der Waals surface area contributed by atoms with E-state index in [9.17, 15) is 10.1 Å². The fraction of sp³-hybridized carbons (Fsp3) is 0.571. The lowest BCUT2D eigenvalue weighted by molar-refractivity contribution is -0.386. The summed E-state index contributed by atoms with van der Waals surface area (Å²) in [4.78, 5) is 10.7. The highest BCUT2D eigenvalue weighted by atomic mass is 16.6. The van der Waals surface area contributed by atoms with E-state index >= 15 is 0 Å². The molecule has 2 rings (SSSR count). The van der Waals surface area contributed by atoms with Crippen molar-refractivity contribution in [2.45, 2.75) is 31.2 Å². The van der Waals surface area contributed by atoms with Gasteiger partial charge in [-0.15, -0.1) is 0 Å². The number of ether oxygens (including phenoxy) is 3. The average molecular weight is 296 g/mol. The predicted molar refractivity (Wildman–Crippen MR) is 77.1 cm³/mol. The lowest BCUT2D eigenvalue weighted by atomic mass is 10.0. The standard InChI is InChI=1S/C14H20N2O5/c1-19-12-7-10(16(17)18)11(8-13(12)20-2)21-9-14(15)5-3-4-6-14/h7-8H,3-6,9,15H2,1-2H3. The largest absolute Gasteiger partial charge is 0.493 e. The third kappa shape index (κ3) is 3.36. The smallest absolute Gasteiger partial charge is 0.314 e. The van der Waals surface area contributed by atoms with Crippen molar-refractivity contribution < 1.29 is 19.1 Å². The van der Waals surface area contributed by atoms with Crippen molar-refractivity contribution in [2.75, 3.05) is 20.8 Å². The molecule has 1 fully saturated rings. The average Bonchev–Trinajstić information content (AvgIpc) is 2.91. The van der Waals surface area contributed by atoms with Gasteiger partial charge in [0.25, 0.3) is 0 Å². The van der Waals surface area contributed by atoms with E-state index < -0.39 is 10.5 Å². The van der Waals surface area contributed by atoms with Gasteiger partial charge in [-0.3, -0.25) is 10.1 Å². The van der Waals surface area contributed by atoms with Gasteiger partial charge in [-0.2, -0.15) is 0 Å². The van der Waals surface area contributed by atoms with Gasteiger partial charge < -0.3 is 19.9 Å². The van der Waals surface area contributed by atoms with Crippen molar-refractivity contribution in [1.82, 2.24) is 0 Å². The maximum atomic E-state index is 11.2. The fourth-order valence-corrected chi connectivity index (χ4v) is 2.55. The second-order valence-corrected chi connectivity index (χ2v) is 5.29. The molecular weight excluding hydrogens is 276 g/mol. The van der Waals surface area contributed by atoms with Crippen LogP contribution in [0.15, 0.2) is 12.1 Å². The van der Waals surface area contributed by atoms with E-state index in [1.54, 1.807) is 0 Å². The first-order valence-electron chi connectivity index (χ1n) is 6.81. The Labute approximate surface area is 123 Å². The minimum Gasteiger partial charge on any atom is -0.493 e. The number of nitrogens with two attached hydrogens (primary N) is 1. The third-order valence-corrected chi connectivity index (χ3v) is 3.78. The number of benzene rings is 1. The van der Waals surface area contributed by atoms with Gasteiger partial charge in [-0.25, -0.2) is 0 Å². The number of hydrogen-bond acceptors (Lipinski definition) is 6. The fourth-order valence-electron chi connectivity index (χ4n) is 2.55. The Morgan fingerprint density at radius 3 is 2.29 bits per heavy atom. The lowest BCUT2D eigenvalue weighted by Gasteiger charge is -2.23. The highest BCUT2D eigenvalue weighted by molar-refractivity contribution is 5.58. The predicted octanol–water partition coefficient (Wildman–Crippen LogP) is 2.26. The second kappa shape index (κ2) is 6.17. The van der Waals surface area contributed by atoms with Crippen LogP contribution in [0.1, 0.15) is 25.7 Å². The highest BCUT2D eigenvalue weighted by Gasteiger charge is 2.31. The van der Waals surface area contributed by atoms with Crippen molar-refractivity contribution in [3.8, 4) is 17.2 Å². The molecule has 0 aliphatic heterocycles. The Morgan fingerprint density at radius 1 is 1.19 bits per heavy atom. The molecule has 2 N–H and O–H groups in total. The zero-order valence-electron chi connectivity index (χ0n) is 12.3. The molecule has 1 saturated carbocycles. The Hall–Kier alpha value is -2.02. The number of nitro benzene ring substituents is 1. The highest BCUT2D eigenvalue weighted by Crippen LogP contribution is 2.40. The number of rotatable bonds is 6. The molecule has 7 heteroatoms. The van der Waals surface area contributed by atoms with Crippen LogP contribution < -0.4 is 19.9 Å². The Bertz CT molecular complexity index is 526. The van der Waals surface area contributed by atoms with E-state index in [1.165, 1.54) is 26.4 Å². The Balaban J connectivity index is 2.25. The van der Waals surface area contributed by atoms with Crippen molar-refractivity contribution in [3.63, 3.8) is 0 Å². The SMILES string of the molecule is COc1cc(OCC2(N)CCCC2)c([N+](=O)[O-])cc1OC. The zero-order chi connectivity index (χ0) is 15.5. The topological polar surface area (TPSA) is 96.9 Å². The van der Waals surface area contributed by atoms with Gasteiger partial charge >= 0.3 is 5.69 Å². The normalized spacial score (nSPS) is 16.5. The number of hydrogen-bond donors (Lipinski definition) is 1. The molecule has 0 radical (unpaired) electrons. The molecule has 0 unspecified atom stereocenters. The molecule has 0 bridgehead atoms. The molecule has 21 heavy (non-hydrogen) atoms. The summed E-state index contributed by atoms with van der Waals surface area (Å²) in [5.41, 5.74) is 5.65.